The van der Waals surface area contributed by atoms with Gasteiger partial charge in [-0.3, -0.25) is 14.6 Å². The van der Waals surface area contributed by atoms with Gasteiger partial charge in [0.1, 0.15) is 11.5 Å². The minimum Gasteiger partial charge on any atom is -0.320 e. The molecule has 142 valence electrons. The lowest BCUT2D eigenvalue weighted by Gasteiger charge is -2.13. The number of benzene rings is 1. The fraction of sp³-hybridized carbons (Fsp3) is 0.100. The summed E-state index contributed by atoms with van der Waals surface area (Å²) in [5.74, 6) is -0.610. The third kappa shape index (κ3) is 4.92. The molecule has 0 saturated carbocycles. The van der Waals surface area contributed by atoms with Crippen LogP contribution in [0.3, 0.4) is 0 Å². The van der Waals surface area contributed by atoms with Gasteiger partial charge in [-0.25, -0.2) is 9.37 Å². The number of nitrogens with one attached hydrogen (secondary N) is 2. The molecule has 2 aromatic heterocycles. The highest BCUT2D eigenvalue weighted by Gasteiger charge is 2.14. The van der Waals surface area contributed by atoms with Crippen LogP contribution in [-0.2, 0) is 0 Å². The van der Waals surface area contributed by atoms with Crippen LogP contribution >= 0.6 is 11.8 Å². The Hall–Kier alpha value is -3.26. The van der Waals surface area contributed by atoms with Gasteiger partial charge in [0.25, 0.3) is 11.8 Å². The molecule has 2 amide bonds. The Morgan fingerprint density at radius 3 is 2.54 bits per heavy atom. The van der Waals surface area contributed by atoms with Crippen molar-refractivity contribution in [2.75, 3.05) is 16.4 Å². The molecule has 0 saturated heterocycles. The van der Waals surface area contributed by atoms with Gasteiger partial charge in [0, 0.05) is 18.0 Å². The van der Waals surface area contributed by atoms with Crippen LogP contribution in [0.1, 0.15) is 27.8 Å². The van der Waals surface area contributed by atoms with Crippen molar-refractivity contribution >= 4 is 35.0 Å². The van der Waals surface area contributed by atoms with Crippen LogP contribution in [0.5, 0.6) is 0 Å². The van der Waals surface area contributed by atoms with Crippen LogP contribution in [0.2, 0.25) is 0 Å². The first-order valence-electron chi connectivity index (χ1n) is 8.49. The van der Waals surface area contributed by atoms with Gasteiger partial charge in [-0.05, 0) is 48.2 Å². The fourth-order valence-corrected chi connectivity index (χ4v) is 3.03. The largest absolute Gasteiger partial charge is 0.320 e. The van der Waals surface area contributed by atoms with E-state index in [1.165, 1.54) is 30.1 Å². The molecule has 3 rings (SSSR count). The van der Waals surface area contributed by atoms with Crippen molar-refractivity contribution in [2.45, 2.75) is 11.9 Å². The maximum atomic E-state index is 13.7. The first-order chi connectivity index (χ1) is 13.6. The molecule has 28 heavy (non-hydrogen) atoms. The monoisotopic (exact) mass is 396 g/mol. The van der Waals surface area contributed by atoms with Crippen molar-refractivity contribution in [3.8, 4) is 0 Å². The predicted octanol–water partition coefficient (Wildman–Crippen LogP) is 4.23. The van der Waals surface area contributed by atoms with Gasteiger partial charge in [-0.1, -0.05) is 13.0 Å². The predicted molar refractivity (Wildman–Crippen MR) is 107 cm³/mol. The van der Waals surface area contributed by atoms with E-state index in [0.717, 1.165) is 16.8 Å². The lowest BCUT2D eigenvalue weighted by molar-refractivity contribution is 0.101. The third-order valence-electron chi connectivity index (χ3n) is 3.66. The lowest BCUT2D eigenvalue weighted by atomic mass is 10.2. The number of amides is 2. The lowest BCUT2D eigenvalue weighted by Crippen LogP contribution is -2.17. The standard InChI is InChI=1S/C20H17FN4O2S/c1-2-28-18-11-13(8-10-23-18)19(26)25-17-12-14(21)6-7-15(17)24-20(27)16-5-3-4-9-22-16/h3-12H,2H2,1H3,(H,24,27)(H,25,26). The van der Waals surface area contributed by atoms with Crippen LogP contribution in [0, 0.1) is 5.82 Å². The van der Waals surface area contributed by atoms with E-state index in [-0.39, 0.29) is 17.1 Å². The van der Waals surface area contributed by atoms with Crippen molar-refractivity contribution in [3.05, 3.63) is 78.0 Å². The second-order valence-electron chi connectivity index (χ2n) is 5.63. The van der Waals surface area contributed by atoms with Crippen molar-refractivity contribution in [2.24, 2.45) is 0 Å². The first kappa shape index (κ1) is 19.5. The fourth-order valence-electron chi connectivity index (χ4n) is 2.38. The van der Waals surface area contributed by atoms with E-state index in [2.05, 4.69) is 20.6 Å². The van der Waals surface area contributed by atoms with Crippen molar-refractivity contribution in [3.63, 3.8) is 0 Å². The van der Waals surface area contributed by atoms with Gasteiger partial charge in [0.2, 0.25) is 0 Å². The Morgan fingerprint density at radius 1 is 0.964 bits per heavy atom. The number of hydrogen-bond acceptors (Lipinski definition) is 5. The molecule has 6 nitrogen and oxygen atoms in total. The molecule has 0 aliphatic heterocycles. The Bertz CT molecular complexity index is 999. The third-order valence-corrected chi connectivity index (χ3v) is 4.47. The van der Waals surface area contributed by atoms with Crippen LogP contribution < -0.4 is 10.6 Å². The number of thioether (sulfide) groups is 1. The molecule has 0 aliphatic carbocycles. The molecular formula is C20H17FN4O2S. The van der Waals surface area contributed by atoms with Crippen molar-refractivity contribution in [1.82, 2.24) is 9.97 Å². The number of halogens is 1. The normalized spacial score (nSPS) is 10.4. The molecule has 0 aliphatic rings. The van der Waals surface area contributed by atoms with E-state index in [1.807, 2.05) is 6.92 Å². The second-order valence-corrected chi connectivity index (χ2v) is 6.91. The van der Waals surface area contributed by atoms with Gasteiger partial charge in [0.15, 0.2) is 0 Å². The number of hydrogen-bond donors (Lipinski definition) is 2. The van der Waals surface area contributed by atoms with E-state index in [4.69, 9.17) is 0 Å². The minimum absolute atomic E-state index is 0.149. The number of rotatable bonds is 6. The summed E-state index contributed by atoms with van der Waals surface area (Å²) in [5.41, 5.74) is 1.01. The van der Waals surface area contributed by atoms with Gasteiger partial charge >= 0.3 is 0 Å². The molecule has 2 heterocycles. The van der Waals surface area contributed by atoms with Crippen LogP contribution in [-0.4, -0.2) is 27.5 Å². The summed E-state index contributed by atoms with van der Waals surface area (Å²) in [6.07, 6.45) is 3.04. The van der Waals surface area contributed by atoms with E-state index < -0.39 is 17.6 Å². The highest BCUT2D eigenvalue weighted by atomic mass is 32.2. The van der Waals surface area contributed by atoms with Crippen molar-refractivity contribution in [1.29, 1.82) is 0 Å². The Morgan fingerprint density at radius 2 is 1.79 bits per heavy atom. The smallest absolute Gasteiger partial charge is 0.274 e. The van der Waals surface area contributed by atoms with Crippen LogP contribution in [0.25, 0.3) is 0 Å². The van der Waals surface area contributed by atoms with Gasteiger partial charge < -0.3 is 10.6 Å². The van der Waals surface area contributed by atoms with Gasteiger partial charge in [-0.2, -0.15) is 0 Å². The molecule has 0 radical (unpaired) electrons. The molecule has 0 fully saturated rings. The topological polar surface area (TPSA) is 84.0 Å². The van der Waals surface area contributed by atoms with Gasteiger partial charge in [-0.15, -0.1) is 11.8 Å². The summed E-state index contributed by atoms with van der Waals surface area (Å²) >= 11 is 1.51. The van der Waals surface area contributed by atoms with E-state index in [1.54, 1.807) is 36.5 Å². The van der Waals surface area contributed by atoms with E-state index in [9.17, 15) is 14.0 Å². The van der Waals surface area contributed by atoms with Crippen LogP contribution in [0.4, 0.5) is 15.8 Å². The number of aromatic nitrogens is 2. The Balaban J connectivity index is 1.82. The highest BCUT2D eigenvalue weighted by molar-refractivity contribution is 7.99. The van der Waals surface area contributed by atoms with E-state index in [0.29, 0.717) is 5.56 Å². The summed E-state index contributed by atoms with van der Waals surface area (Å²) in [6, 6.07) is 11.9. The molecule has 0 bridgehead atoms. The number of nitrogens with zero attached hydrogens (tertiary/aromatic N) is 2. The zero-order valence-electron chi connectivity index (χ0n) is 15.0. The number of pyridine rings is 2. The number of carbonyl (C=O) groups excluding carboxylic acids is 2. The van der Waals surface area contributed by atoms with Crippen LogP contribution in [0.15, 0.2) is 66.0 Å². The first-order valence-corrected chi connectivity index (χ1v) is 9.47. The summed E-state index contributed by atoms with van der Waals surface area (Å²) in [6.45, 7) is 1.99. The molecule has 1 aromatic carbocycles. The summed E-state index contributed by atoms with van der Waals surface area (Å²) in [7, 11) is 0. The molecule has 2 N–H and O–H groups in total. The minimum atomic E-state index is -0.539. The summed E-state index contributed by atoms with van der Waals surface area (Å²) in [4.78, 5) is 33.1. The highest BCUT2D eigenvalue weighted by Crippen LogP contribution is 2.24. The van der Waals surface area contributed by atoms with E-state index >= 15 is 0 Å². The summed E-state index contributed by atoms with van der Waals surface area (Å²) in [5, 5.41) is 6.01. The molecule has 0 unspecified atom stereocenters. The maximum Gasteiger partial charge on any atom is 0.274 e. The molecule has 0 spiro atoms. The average Bonchev–Trinajstić information content (AvgIpc) is 2.71. The summed E-state index contributed by atoms with van der Waals surface area (Å²) < 4.78 is 13.7. The molecule has 8 heteroatoms. The Kier molecular flexibility index (Phi) is 6.33. The molecule has 3 aromatic rings. The average molecular weight is 396 g/mol. The van der Waals surface area contributed by atoms with Crippen molar-refractivity contribution < 1.29 is 14.0 Å². The Labute approximate surface area is 165 Å². The maximum absolute atomic E-state index is 13.7. The zero-order valence-corrected chi connectivity index (χ0v) is 15.8. The quantitative estimate of drug-likeness (QED) is 0.609. The SMILES string of the molecule is CCSc1cc(C(=O)Nc2cc(F)ccc2NC(=O)c2ccccn2)ccn1. The molecule has 0 atom stereocenters. The molecular weight excluding hydrogens is 379 g/mol. The van der Waals surface area contributed by atoms with Gasteiger partial charge in [0.05, 0.1) is 16.4 Å². The zero-order chi connectivity index (χ0) is 19.9. The second kappa shape index (κ2) is 9.09. The number of anilines is 2. The number of carbonyl (C=O) groups is 2.